The minimum atomic E-state index is -0.305. The molecule has 0 spiro atoms. The number of hydrogen-bond acceptors (Lipinski definition) is 4. The minimum absolute atomic E-state index is 0.131. The molecule has 1 heterocycles. The highest BCUT2D eigenvalue weighted by Crippen LogP contribution is 2.16. The Balaban J connectivity index is 1.95. The third kappa shape index (κ3) is 3.62. The smallest absolute Gasteiger partial charge is 0.269 e. The van der Waals surface area contributed by atoms with Gasteiger partial charge in [0.1, 0.15) is 0 Å². The molecule has 0 radical (unpaired) electrons. The number of allylic oxidation sites excluding steroid dienone is 5. The third-order valence-electron chi connectivity index (χ3n) is 2.33. The van der Waals surface area contributed by atoms with E-state index in [0.29, 0.717) is 11.1 Å². The molecule has 2 rings (SSSR count). The van der Waals surface area contributed by atoms with Crippen LogP contribution in [0.15, 0.2) is 59.0 Å². The van der Waals surface area contributed by atoms with Crippen molar-refractivity contribution in [2.45, 2.75) is 0 Å². The number of rotatable bonds is 3. The summed E-state index contributed by atoms with van der Waals surface area (Å²) in [6.07, 6.45) is 9.27. The van der Waals surface area contributed by atoms with Crippen LogP contribution in [0.2, 0.25) is 0 Å². The molecule has 6 heteroatoms. The van der Waals surface area contributed by atoms with Gasteiger partial charge in [0.2, 0.25) is 0 Å². The van der Waals surface area contributed by atoms with Crippen LogP contribution in [-0.4, -0.2) is 16.7 Å². The van der Waals surface area contributed by atoms with E-state index in [0.717, 1.165) is 4.48 Å². The van der Waals surface area contributed by atoms with Crippen molar-refractivity contribution >= 4 is 27.6 Å². The highest BCUT2D eigenvalue weighted by atomic mass is 79.9. The van der Waals surface area contributed by atoms with E-state index in [2.05, 4.69) is 31.8 Å². The maximum atomic E-state index is 11.7. The second-order valence-electron chi connectivity index (χ2n) is 3.66. The maximum absolute atomic E-state index is 11.7. The molecular formula is C13H10BrN3O2. The fraction of sp³-hybridized carbons (Fsp3) is 0. The molecule has 5 nitrogen and oxygen atoms in total. The van der Waals surface area contributed by atoms with E-state index in [1.807, 2.05) is 0 Å². The van der Waals surface area contributed by atoms with E-state index in [4.69, 9.17) is 0 Å². The average molecular weight is 320 g/mol. The van der Waals surface area contributed by atoms with Gasteiger partial charge in [-0.05, 0) is 30.4 Å². The molecule has 1 aliphatic carbocycles. The molecule has 0 saturated carbocycles. The van der Waals surface area contributed by atoms with Crippen LogP contribution in [-0.2, 0) is 4.79 Å². The second-order valence-corrected chi connectivity index (χ2v) is 4.58. The van der Waals surface area contributed by atoms with E-state index < -0.39 is 0 Å². The summed E-state index contributed by atoms with van der Waals surface area (Å²) < 4.78 is 0.792. The van der Waals surface area contributed by atoms with Crippen LogP contribution >= 0.6 is 15.9 Å². The van der Waals surface area contributed by atoms with E-state index in [-0.39, 0.29) is 11.7 Å². The molecule has 1 aromatic heterocycles. The van der Waals surface area contributed by atoms with Crippen molar-refractivity contribution in [3.05, 3.63) is 64.6 Å². The van der Waals surface area contributed by atoms with Gasteiger partial charge < -0.3 is 5.43 Å². The molecule has 0 aromatic carbocycles. The molecule has 0 fully saturated rings. The fourth-order valence-electron chi connectivity index (χ4n) is 1.39. The summed E-state index contributed by atoms with van der Waals surface area (Å²) in [6.45, 7) is 0. The van der Waals surface area contributed by atoms with Gasteiger partial charge in [0.25, 0.3) is 5.91 Å². The molecule has 0 atom stereocenters. The van der Waals surface area contributed by atoms with Crippen molar-refractivity contribution in [3.63, 3.8) is 0 Å². The van der Waals surface area contributed by atoms with Crippen molar-refractivity contribution in [2.24, 2.45) is 0 Å². The second kappa shape index (κ2) is 6.10. The lowest BCUT2D eigenvalue weighted by molar-refractivity contribution is -0.111. The molecule has 0 bridgehead atoms. The Bertz CT molecular complexity index is 591. The maximum Gasteiger partial charge on any atom is 0.269 e. The van der Waals surface area contributed by atoms with Crippen molar-refractivity contribution in [1.29, 1.82) is 0 Å². The number of hydrogen-bond donors (Lipinski definition) is 2. The third-order valence-corrected chi connectivity index (χ3v) is 2.82. The van der Waals surface area contributed by atoms with Crippen molar-refractivity contribution in [3.8, 4) is 0 Å². The van der Waals surface area contributed by atoms with Crippen LogP contribution in [0, 0.1) is 0 Å². The number of carbonyl (C=O) groups excluding carboxylic acids is 2. The molecule has 2 N–H and O–H groups in total. The minimum Gasteiger partial charge on any atom is -0.305 e. The van der Waals surface area contributed by atoms with Gasteiger partial charge in [-0.15, -0.1) is 0 Å². The Kier molecular flexibility index (Phi) is 4.25. The lowest BCUT2D eigenvalue weighted by Crippen LogP contribution is -2.34. The Hall–Kier alpha value is -2.21. The van der Waals surface area contributed by atoms with Crippen LogP contribution in [0.1, 0.15) is 10.4 Å². The van der Waals surface area contributed by atoms with Crippen molar-refractivity contribution in [1.82, 2.24) is 15.8 Å². The van der Waals surface area contributed by atoms with Gasteiger partial charge in [-0.1, -0.05) is 15.9 Å². The number of carbonyl (C=O) groups is 2. The summed E-state index contributed by atoms with van der Waals surface area (Å²) in [5.41, 5.74) is 6.00. The summed E-state index contributed by atoms with van der Waals surface area (Å²) in [4.78, 5) is 27.0. The van der Waals surface area contributed by atoms with Gasteiger partial charge in [-0.25, -0.2) is 0 Å². The number of hydrazine groups is 1. The molecule has 0 aliphatic heterocycles. The molecule has 19 heavy (non-hydrogen) atoms. The highest BCUT2D eigenvalue weighted by molar-refractivity contribution is 9.11. The molecule has 96 valence electrons. The zero-order valence-electron chi connectivity index (χ0n) is 9.76. The fourth-order valence-corrected chi connectivity index (χ4v) is 1.77. The van der Waals surface area contributed by atoms with E-state index in [1.54, 1.807) is 24.3 Å². The summed E-state index contributed by atoms with van der Waals surface area (Å²) in [7, 11) is 0. The number of aromatic nitrogens is 1. The number of nitrogens with zero attached hydrogens (tertiary/aromatic N) is 1. The molecular weight excluding hydrogens is 310 g/mol. The average Bonchev–Trinajstić information content (AvgIpc) is 2.43. The standard InChI is InChI=1S/C13H10BrN3O2/c14-11-1-2-12(18)10(7-11)8-16-17-13(19)9-3-5-15-6-4-9/h1-8,16H,(H,17,19). The van der Waals surface area contributed by atoms with Gasteiger partial charge in [0, 0.05) is 34.2 Å². The first-order valence-electron chi connectivity index (χ1n) is 5.42. The van der Waals surface area contributed by atoms with Gasteiger partial charge in [0.05, 0.1) is 0 Å². The quantitative estimate of drug-likeness (QED) is 0.656. The monoisotopic (exact) mass is 319 g/mol. The number of halogens is 1. The summed E-state index contributed by atoms with van der Waals surface area (Å²) in [5, 5.41) is 0. The van der Waals surface area contributed by atoms with Gasteiger partial charge in [0.15, 0.2) is 5.78 Å². The van der Waals surface area contributed by atoms with Gasteiger partial charge in [-0.3, -0.25) is 20.0 Å². The van der Waals surface area contributed by atoms with Gasteiger partial charge >= 0.3 is 0 Å². The van der Waals surface area contributed by atoms with Gasteiger partial charge in [-0.2, -0.15) is 0 Å². The molecule has 1 aromatic rings. The lowest BCUT2D eigenvalue weighted by atomic mass is 10.1. The number of ketones is 1. The van der Waals surface area contributed by atoms with Crippen LogP contribution in [0.3, 0.4) is 0 Å². The number of pyridine rings is 1. The van der Waals surface area contributed by atoms with E-state index in [9.17, 15) is 9.59 Å². The highest BCUT2D eigenvalue weighted by Gasteiger charge is 2.09. The Morgan fingerprint density at radius 1 is 1.26 bits per heavy atom. The Labute approximate surface area is 118 Å². The number of nitrogens with one attached hydrogen (secondary N) is 2. The Morgan fingerprint density at radius 3 is 2.74 bits per heavy atom. The summed E-state index contributed by atoms with van der Waals surface area (Å²) >= 11 is 3.27. The van der Waals surface area contributed by atoms with Crippen LogP contribution in [0.25, 0.3) is 0 Å². The number of amides is 1. The first-order valence-corrected chi connectivity index (χ1v) is 6.22. The normalized spacial score (nSPS) is 16.2. The molecule has 0 saturated heterocycles. The first kappa shape index (κ1) is 13.2. The zero-order chi connectivity index (χ0) is 13.7. The summed E-state index contributed by atoms with van der Waals surface area (Å²) in [5.74, 6) is -0.435. The van der Waals surface area contributed by atoms with E-state index in [1.165, 1.54) is 24.7 Å². The van der Waals surface area contributed by atoms with Crippen molar-refractivity contribution in [2.75, 3.05) is 0 Å². The topological polar surface area (TPSA) is 71.1 Å². The van der Waals surface area contributed by atoms with E-state index >= 15 is 0 Å². The van der Waals surface area contributed by atoms with Crippen LogP contribution in [0.5, 0.6) is 0 Å². The van der Waals surface area contributed by atoms with Crippen LogP contribution < -0.4 is 10.9 Å². The zero-order valence-corrected chi connectivity index (χ0v) is 11.3. The summed E-state index contributed by atoms with van der Waals surface area (Å²) in [6, 6.07) is 3.18. The predicted molar refractivity (Wildman–Crippen MR) is 74.1 cm³/mol. The predicted octanol–water partition coefficient (Wildman–Crippen LogP) is 1.62. The molecule has 1 aliphatic rings. The van der Waals surface area contributed by atoms with Crippen molar-refractivity contribution < 1.29 is 9.59 Å². The lowest BCUT2D eigenvalue weighted by Gasteiger charge is -2.07. The first-order chi connectivity index (χ1) is 9.16. The Morgan fingerprint density at radius 2 is 2.00 bits per heavy atom. The SMILES string of the molecule is O=C1C=CC(Br)=CC1=CNNC(=O)c1ccncc1. The van der Waals surface area contributed by atoms with Crippen LogP contribution in [0.4, 0.5) is 0 Å². The molecule has 1 amide bonds. The largest absolute Gasteiger partial charge is 0.305 e. The molecule has 0 unspecified atom stereocenters.